The molecule has 3 aromatic rings. The van der Waals surface area contributed by atoms with E-state index in [2.05, 4.69) is 10.4 Å². The van der Waals surface area contributed by atoms with Crippen molar-refractivity contribution in [2.24, 2.45) is 0 Å². The Morgan fingerprint density at radius 2 is 2.10 bits per heavy atom. The fourth-order valence-electron chi connectivity index (χ4n) is 3.29. The molecule has 10 heteroatoms. The van der Waals surface area contributed by atoms with E-state index in [0.29, 0.717) is 10.4 Å². The number of nitrogens with zero attached hydrogens (tertiary/aromatic N) is 2. The topological polar surface area (TPSA) is 46.9 Å². The number of hydrogen-bond acceptors (Lipinski definition) is 4. The van der Waals surface area contributed by atoms with Gasteiger partial charge in [0, 0.05) is 10.4 Å². The van der Waals surface area contributed by atoms with Gasteiger partial charge in [0.25, 0.3) is 5.91 Å². The van der Waals surface area contributed by atoms with E-state index in [9.17, 15) is 18.0 Å². The number of aromatic nitrogens is 2. The molecular formula is C21H17ClF3N3OS2. The van der Waals surface area contributed by atoms with Gasteiger partial charge in [0.05, 0.1) is 28.7 Å². The number of carbonyl (C=O) groups excluding carboxylic acids is 1. The zero-order chi connectivity index (χ0) is 22.2. The van der Waals surface area contributed by atoms with Crippen LogP contribution in [0.15, 0.2) is 47.5 Å². The Balaban J connectivity index is 1.61. The number of benzene rings is 2. The molecule has 1 amide bonds. The maximum absolute atomic E-state index is 13.4. The number of alkyl halides is 3. The van der Waals surface area contributed by atoms with Crippen molar-refractivity contribution in [3.05, 3.63) is 69.2 Å². The molecule has 4 rings (SSSR count). The summed E-state index contributed by atoms with van der Waals surface area (Å²) < 4.78 is 41.7. The standard InChI is InChI=1S/C21H17ClF3N3OS2/c1-2-30-20-27-19(29)18(31-20)8-12-3-6-17-14(7-12)10-26-28(17)11-13-4-5-15(22)9-16(13)21(23,24)25/h3-10,20H,2,11H2,1H3,(H,27,29). The average molecular weight is 484 g/mol. The quantitative estimate of drug-likeness (QED) is 0.452. The van der Waals surface area contributed by atoms with Crippen molar-refractivity contribution in [3.8, 4) is 0 Å². The molecule has 1 aromatic heterocycles. The number of halogens is 4. The third-order valence-electron chi connectivity index (χ3n) is 4.69. The number of nitrogens with one attached hydrogen (secondary N) is 1. The molecule has 0 radical (unpaired) electrons. The van der Waals surface area contributed by atoms with Crippen LogP contribution < -0.4 is 5.32 Å². The maximum Gasteiger partial charge on any atom is 0.416 e. The Morgan fingerprint density at radius 1 is 1.29 bits per heavy atom. The summed E-state index contributed by atoms with van der Waals surface area (Å²) in [5.74, 6) is 0.800. The molecule has 1 unspecified atom stereocenters. The molecule has 1 saturated heterocycles. The van der Waals surface area contributed by atoms with E-state index in [1.54, 1.807) is 24.0 Å². The zero-order valence-corrected chi connectivity index (χ0v) is 18.6. The van der Waals surface area contributed by atoms with Crippen molar-refractivity contribution < 1.29 is 18.0 Å². The van der Waals surface area contributed by atoms with Gasteiger partial charge in [0.1, 0.15) is 4.71 Å². The predicted octanol–water partition coefficient (Wildman–Crippen LogP) is 6.00. The molecule has 1 aliphatic rings. The van der Waals surface area contributed by atoms with Gasteiger partial charge in [-0.2, -0.15) is 18.3 Å². The van der Waals surface area contributed by atoms with E-state index >= 15 is 0 Å². The molecule has 1 fully saturated rings. The second kappa shape index (κ2) is 8.80. The molecule has 0 bridgehead atoms. The van der Waals surface area contributed by atoms with Crippen LogP contribution in [0.3, 0.4) is 0 Å². The van der Waals surface area contributed by atoms with Gasteiger partial charge < -0.3 is 5.32 Å². The van der Waals surface area contributed by atoms with Crippen LogP contribution in [0.4, 0.5) is 13.2 Å². The van der Waals surface area contributed by atoms with Crippen LogP contribution in [0.1, 0.15) is 23.6 Å². The van der Waals surface area contributed by atoms with Gasteiger partial charge in [-0.3, -0.25) is 9.48 Å². The molecule has 1 aliphatic heterocycles. The first-order valence-corrected chi connectivity index (χ1v) is 11.7. The van der Waals surface area contributed by atoms with Crippen LogP contribution in [0.5, 0.6) is 0 Å². The van der Waals surface area contributed by atoms with E-state index in [1.807, 2.05) is 25.1 Å². The Morgan fingerprint density at radius 3 is 2.84 bits per heavy atom. The Kier molecular flexibility index (Phi) is 6.27. The third-order valence-corrected chi connectivity index (χ3v) is 7.26. The molecular weight excluding hydrogens is 467 g/mol. The lowest BCUT2D eigenvalue weighted by Crippen LogP contribution is -2.21. The summed E-state index contributed by atoms with van der Waals surface area (Å²) in [6.07, 6.45) is -1.08. The second-order valence-electron chi connectivity index (χ2n) is 6.81. The number of fused-ring (bicyclic) bond motifs is 1. The number of thioether (sulfide) groups is 2. The summed E-state index contributed by atoms with van der Waals surface area (Å²) in [4.78, 5) is 12.8. The van der Waals surface area contributed by atoms with Crippen LogP contribution in [0, 0.1) is 0 Å². The normalized spacial score (nSPS) is 18.2. The van der Waals surface area contributed by atoms with Gasteiger partial charge >= 0.3 is 6.18 Å². The van der Waals surface area contributed by atoms with Crippen molar-refractivity contribution in [2.75, 3.05) is 5.75 Å². The van der Waals surface area contributed by atoms with Gasteiger partial charge in [-0.1, -0.05) is 42.4 Å². The SMILES string of the molecule is CCSC1NC(=O)C(=Cc2ccc3c(cnn3Cc3ccc(Cl)cc3C(F)(F)F)c2)S1. The van der Waals surface area contributed by atoms with Crippen LogP contribution in [0.25, 0.3) is 17.0 Å². The summed E-state index contributed by atoms with van der Waals surface area (Å²) in [5.41, 5.74) is 0.850. The fourth-order valence-corrected chi connectivity index (χ4v) is 5.71. The molecule has 31 heavy (non-hydrogen) atoms. The van der Waals surface area contributed by atoms with E-state index in [4.69, 9.17) is 11.6 Å². The van der Waals surface area contributed by atoms with Crippen LogP contribution in [-0.2, 0) is 17.5 Å². The molecule has 4 nitrogen and oxygen atoms in total. The Labute approximate surface area is 190 Å². The van der Waals surface area contributed by atoms with Crippen molar-refractivity contribution in [3.63, 3.8) is 0 Å². The highest BCUT2D eigenvalue weighted by atomic mass is 35.5. The minimum absolute atomic E-state index is 0.0115. The largest absolute Gasteiger partial charge is 0.416 e. The number of rotatable bonds is 5. The molecule has 1 atom stereocenters. The van der Waals surface area contributed by atoms with Gasteiger partial charge in [-0.25, -0.2) is 0 Å². The highest BCUT2D eigenvalue weighted by Gasteiger charge is 2.33. The minimum atomic E-state index is -4.50. The van der Waals surface area contributed by atoms with E-state index in [0.717, 1.165) is 22.8 Å². The average Bonchev–Trinajstić information content (AvgIpc) is 3.25. The Bertz CT molecular complexity index is 1180. The van der Waals surface area contributed by atoms with Gasteiger partial charge in [0.2, 0.25) is 0 Å². The zero-order valence-electron chi connectivity index (χ0n) is 16.2. The summed E-state index contributed by atoms with van der Waals surface area (Å²) >= 11 is 8.90. The van der Waals surface area contributed by atoms with Crippen molar-refractivity contribution in [1.29, 1.82) is 0 Å². The Hall–Kier alpha value is -2.10. The molecule has 0 aliphatic carbocycles. The first kappa shape index (κ1) is 22.1. The van der Waals surface area contributed by atoms with Crippen LogP contribution >= 0.6 is 35.1 Å². The summed E-state index contributed by atoms with van der Waals surface area (Å²) in [6, 6.07) is 9.24. The van der Waals surface area contributed by atoms with E-state index in [1.165, 1.54) is 28.6 Å². The highest BCUT2D eigenvalue weighted by molar-refractivity contribution is 8.19. The van der Waals surface area contributed by atoms with E-state index in [-0.39, 0.29) is 27.7 Å². The van der Waals surface area contributed by atoms with Crippen LogP contribution in [0.2, 0.25) is 5.02 Å². The lowest BCUT2D eigenvalue weighted by Gasteiger charge is -2.14. The molecule has 2 heterocycles. The molecule has 162 valence electrons. The number of hydrogen-bond donors (Lipinski definition) is 1. The lowest BCUT2D eigenvalue weighted by atomic mass is 10.1. The lowest BCUT2D eigenvalue weighted by molar-refractivity contribution is -0.138. The summed E-state index contributed by atoms with van der Waals surface area (Å²) in [6.45, 7) is 2.00. The first-order valence-electron chi connectivity index (χ1n) is 9.36. The summed E-state index contributed by atoms with van der Waals surface area (Å²) in [5, 5.41) is 8.00. The smallest absolute Gasteiger partial charge is 0.331 e. The third kappa shape index (κ3) is 4.88. The van der Waals surface area contributed by atoms with Gasteiger partial charge in [0.15, 0.2) is 0 Å². The molecule has 0 saturated carbocycles. The van der Waals surface area contributed by atoms with E-state index < -0.39 is 11.7 Å². The minimum Gasteiger partial charge on any atom is -0.331 e. The van der Waals surface area contributed by atoms with Gasteiger partial charge in [-0.15, -0.1) is 11.8 Å². The molecule has 2 aromatic carbocycles. The van der Waals surface area contributed by atoms with Crippen molar-refractivity contribution >= 4 is 58.0 Å². The maximum atomic E-state index is 13.4. The fraction of sp³-hybridized carbons (Fsp3) is 0.238. The number of amides is 1. The summed E-state index contributed by atoms with van der Waals surface area (Å²) in [7, 11) is 0. The first-order chi connectivity index (χ1) is 14.7. The van der Waals surface area contributed by atoms with Gasteiger partial charge in [-0.05, 0) is 47.2 Å². The van der Waals surface area contributed by atoms with Crippen molar-refractivity contribution in [1.82, 2.24) is 15.1 Å². The highest BCUT2D eigenvalue weighted by Crippen LogP contribution is 2.36. The second-order valence-corrected chi connectivity index (χ2v) is 10.1. The monoisotopic (exact) mass is 483 g/mol. The molecule has 0 spiro atoms. The van der Waals surface area contributed by atoms with Crippen LogP contribution in [-0.4, -0.2) is 26.1 Å². The number of carbonyl (C=O) groups is 1. The molecule has 1 N–H and O–H groups in total. The predicted molar refractivity (Wildman–Crippen MR) is 121 cm³/mol. The van der Waals surface area contributed by atoms with Crippen molar-refractivity contribution in [2.45, 2.75) is 24.4 Å².